The standard InChI is InChI=1S/C11H18N2O4S2/c1-9(12-2)8-13-19(16,17)11-6-4-5-10(7-11)18(3,14)15/h4-7,9,12-13H,8H2,1-3H3. The summed E-state index contributed by atoms with van der Waals surface area (Å²) in [5.74, 6) is 0. The molecule has 1 aromatic carbocycles. The maximum atomic E-state index is 12.0. The lowest BCUT2D eigenvalue weighted by Crippen LogP contribution is -2.37. The van der Waals surface area contributed by atoms with E-state index in [1.807, 2.05) is 6.92 Å². The van der Waals surface area contributed by atoms with Crippen LogP contribution in [-0.2, 0) is 19.9 Å². The molecule has 1 unspecified atom stereocenters. The van der Waals surface area contributed by atoms with Crippen LogP contribution < -0.4 is 10.0 Å². The molecule has 1 atom stereocenters. The van der Waals surface area contributed by atoms with Gasteiger partial charge in [-0.15, -0.1) is 0 Å². The second-order valence-electron chi connectivity index (χ2n) is 4.29. The summed E-state index contributed by atoms with van der Waals surface area (Å²) in [5, 5.41) is 2.90. The average Bonchev–Trinajstić information content (AvgIpc) is 2.35. The molecule has 19 heavy (non-hydrogen) atoms. The number of nitrogens with one attached hydrogen (secondary N) is 2. The summed E-state index contributed by atoms with van der Waals surface area (Å²) in [5.41, 5.74) is 0. The van der Waals surface area contributed by atoms with Gasteiger partial charge < -0.3 is 5.32 Å². The largest absolute Gasteiger partial charge is 0.316 e. The Kier molecular flexibility index (Phi) is 5.08. The van der Waals surface area contributed by atoms with Gasteiger partial charge in [0.15, 0.2) is 9.84 Å². The smallest absolute Gasteiger partial charge is 0.240 e. The lowest BCUT2D eigenvalue weighted by atomic mass is 10.4. The zero-order chi connectivity index (χ0) is 14.7. The molecule has 0 bridgehead atoms. The fraction of sp³-hybridized carbons (Fsp3) is 0.455. The van der Waals surface area contributed by atoms with E-state index in [0.717, 1.165) is 12.3 Å². The van der Waals surface area contributed by atoms with Crippen molar-refractivity contribution >= 4 is 19.9 Å². The summed E-state index contributed by atoms with van der Waals surface area (Å²) >= 11 is 0. The van der Waals surface area contributed by atoms with Gasteiger partial charge in [0.1, 0.15) is 0 Å². The molecule has 6 nitrogen and oxygen atoms in total. The van der Waals surface area contributed by atoms with Crippen molar-refractivity contribution in [1.29, 1.82) is 0 Å². The first-order valence-electron chi connectivity index (χ1n) is 5.64. The highest BCUT2D eigenvalue weighted by Gasteiger charge is 2.17. The molecule has 108 valence electrons. The van der Waals surface area contributed by atoms with Crippen LogP contribution in [0.2, 0.25) is 0 Å². The molecule has 0 heterocycles. The Labute approximate surface area is 114 Å². The fourth-order valence-corrected chi connectivity index (χ4v) is 3.21. The van der Waals surface area contributed by atoms with Gasteiger partial charge in [-0.2, -0.15) is 0 Å². The quantitative estimate of drug-likeness (QED) is 0.770. The molecule has 2 N–H and O–H groups in total. The van der Waals surface area contributed by atoms with E-state index in [1.165, 1.54) is 18.2 Å². The molecule has 0 radical (unpaired) electrons. The van der Waals surface area contributed by atoms with Gasteiger partial charge >= 0.3 is 0 Å². The molecular formula is C11H18N2O4S2. The first-order valence-corrected chi connectivity index (χ1v) is 9.01. The number of hydrogen-bond acceptors (Lipinski definition) is 5. The van der Waals surface area contributed by atoms with E-state index in [-0.39, 0.29) is 22.4 Å². The number of sulfone groups is 1. The monoisotopic (exact) mass is 306 g/mol. The predicted octanol–water partition coefficient (Wildman–Crippen LogP) is -0.0237. The highest BCUT2D eigenvalue weighted by Crippen LogP contribution is 2.15. The topological polar surface area (TPSA) is 92.3 Å². The minimum Gasteiger partial charge on any atom is -0.316 e. The molecule has 0 aliphatic rings. The molecule has 1 rings (SSSR count). The number of likely N-dealkylation sites (N-methyl/N-ethyl adjacent to an activating group) is 1. The summed E-state index contributed by atoms with van der Waals surface area (Å²) in [6, 6.07) is 5.27. The second-order valence-corrected chi connectivity index (χ2v) is 8.07. The Morgan fingerprint density at radius 2 is 1.74 bits per heavy atom. The van der Waals surface area contributed by atoms with E-state index in [4.69, 9.17) is 0 Å². The highest BCUT2D eigenvalue weighted by molar-refractivity contribution is 7.91. The van der Waals surface area contributed by atoms with Crippen LogP contribution in [0.3, 0.4) is 0 Å². The summed E-state index contributed by atoms with van der Waals surface area (Å²) in [6.07, 6.45) is 1.04. The maximum absolute atomic E-state index is 12.0. The predicted molar refractivity (Wildman–Crippen MR) is 73.3 cm³/mol. The van der Waals surface area contributed by atoms with Gasteiger partial charge in [0, 0.05) is 18.8 Å². The molecule has 8 heteroatoms. The number of sulfonamides is 1. The normalized spacial score (nSPS) is 14.3. The van der Waals surface area contributed by atoms with Gasteiger partial charge in [0.25, 0.3) is 0 Å². The minimum atomic E-state index is -3.70. The Morgan fingerprint density at radius 1 is 1.16 bits per heavy atom. The van der Waals surface area contributed by atoms with Crippen molar-refractivity contribution in [3.63, 3.8) is 0 Å². The Hall–Kier alpha value is -0.960. The van der Waals surface area contributed by atoms with Crippen LogP contribution in [0.4, 0.5) is 0 Å². The highest BCUT2D eigenvalue weighted by atomic mass is 32.2. The molecular weight excluding hydrogens is 288 g/mol. The first-order chi connectivity index (χ1) is 8.66. The van der Waals surface area contributed by atoms with Crippen molar-refractivity contribution in [2.75, 3.05) is 19.8 Å². The molecule has 0 aliphatic carbocycles. The van der Waals surface area contributed by atoms with Crippen molar-refractivity contribution < 1.29 is 16.8 Å². The van der Waals surface area contributed by atoms with Crippen LogP contribution in [0.25, 0.3) is 0 Å². The molecule has 0 aliphatic heterocycles. The minimum absolute atomic E-state index is 0.0166. The van der Waals surface area contributed by atoms with Crippen molar-refractivity contribution in [2.45, 2.75) is 22.8 Å². The van der Waals surface area contributed by atoms with Crippen molar-refractivity contribution in [3.05, 3.63) is 24.3 Å². The Bertz CT molecular complexity index is 638. The molecule has 0 saturated heterocycles. The third-order valence-corrected chi connectivity index (χ3v) is 5.15. The Morgan fingerprint density at radius 3 is 2.26 bits per heavy atom. The van der Waals surface area contributed by atoms with Gasteiger partial charge in [-0.25, -0.2) is 21.6 Å². The van der Waals surface area contributed by atoms with Crippen LogP contribution in [0.15, 0.2) is 34.1 Å². The summed E-state index contributed by atoms with van der Waals surface area (Å²) in [4.78, 5) is -0.0734. The van der Waals surface area contributed by atoms with Gasteiger partial charge in [0.2, 0.25) is 10.0 Å². The molecule has 1 aromatic rings. The van der Waals surface area contributed by atoms with E-state index in [9.17, 15) is 16.8 Å². The Balaban J connectivity index is 3.03. The van der Waals surface area contributed by atoms with Crippen LogP contribution in [-0.4, -0.2) is 42.7 Å². The van der Waals surface area contributed by atoms with Gasteiger partial charge in [-0.1, -0.05) is 6.07 Å². The summed E-state index contributed by atoms with van der Waals surface area (Å²) < 4.78 is 49.2. The van der Waals surface area contributed by atoms with Crippen LogP contribution in [0, 0.1) is 0 Å². The zero-order valence-corrected chi connectivity index (χ0v) is 12.7. The number of benzene rings is 1. The van der Waals surface area contributed by atoms with E-state index >= 15 is 0 Å². The number of hydrogen-bond donors (Lipinski definition) is 2. The van der Waals surface area contributed by atoms with E-state index in [0.29, 0.717) is 0 Å². The lowest BCUT2D eigenvalue weighted by Gasteiger charge is -2.12. The van der Waals surface area contributed by atoms with Gasteiger partial charge in [-0.3, -0.25) is 0 Å². The third kappa shape index (κ3) is 4.57. The SMILES string of the molecule is CNC(C)CNS(=O)(=O)c1cccc(S(C)(=O)=O)c1. The molecule has 0 amide bonds. The molecule has 0 saturated carbocycles. The number of rotatable bonds is 6. The van der Waals surface area contributed by atoms with Crippen molar-refractivity contribution in [2.24, 2.45) is 0 Å². The van der Waals surface area contributed by atoms with Crippen LogP contribution in [0.5, 0.6) is 0 Å². The van der Waals surface area contributed by atoms with E-state index in [1.54, 1.807) is 7.05 Å². The van der Waals surface area contributed by atoms with Crippen molar-refractivity contribution in [1.82, 2.24) is 10.0 Å². The zero-order valence-electron chi connectivity index (χ0n) is 11.0. The fourth-order valence-electron chi connectivity index (χ4n) is 1.29. The maximum Gasteiger partial charge on any atom is 0.240 e. The van der Waals surface area contributed by atoms with Gasteiger partial charge in [0.05, 0.1) is 9.79 Å². The molecule has 0 spiro atoms. The van der Waals surface area contributed by atoms with Crippen molar-refractivity contribution in [3.8, 4) is 0 Å². The third-order valence-electron chi connectivity index (χ3n) is 2.62. The van der Waals surface area contributed by atoms with Gasteiger partial charge in [-0.05, 0) is 32.2 Å². The average molecular weight is 306 g/mol. The first kappa shape index (κ1) is 16.1. The van der Waals surface area contributed by atoms with E-state index < -0.39 is 19.9 Å². The lowest BCUT2D eigenvalue weighted by molar-refractivity contribution is 0.554. The summed E-state index contributed by atoms with van der Waals surface area (Å²) in [7, 11) is -5.40. The summed E-state index contributed by atoms with van der Waals surface area (Å²) in [6.45, 7) is 2.05. The van der Waals surface area contributed by atoms with Crippen LogP contribution in [0.1, 0.15) is 6.92 Å². The molecule has 0 aromatic heterocycles. The van der Waals surface area contributed by atoms with Crippen LogP contribution >= 0.6 is 0 Å². The molecule has 0 fully saturated rings. The second kappa shape index (κ2) is 6.00. The van der Waals surface area contributed by atoms with E-state index in [2.05, 4.69) is 10.0 Å².